The molecule has 2 N–H and O–H groups in total. The molecule has 10 heavy (non-hydrogen) atoms. The Morgan fingerprint density at radius 2 is 2.60 bits per heavy atom. The molecule has 0 bridgehead atoms. The molecule has 1 saturated heterocycles. The Labute approximate surface area is 59.7 Å². The fourth-order valence-corrected chi connectivity index (χ4v) is 1.05. The highest BCUT2D eigenvalue weighted by molar-refractivity contribution is 5.82. The van der Waals surface area contributed by atoms with Gasteiger partial charge in [0.05, 0.1) is 12.3 Å². The summed E-state index contributed by atoms with van der Waals surface area (Å²) >= 11 is 0. The second-order valence-electron chi connectivity index (χ2n) is 2.54. The summed E-state index contributed by atoms with van der Waals surface area (Å²) in [6.07, 6.45) is 1.74. The van der Waals surface area contributed by atoms with Crippen molar-refractivity contribution >= 4 is 5.78 Å². The second kappa shape index (κ2) is 2.84. The topological polar surface area (TPSA) is 49.3 Å². The molecular formula is C7H11NO2. The average Bonchev–Trinajstić information content (AvgIpc) is 2.34. The lowest BCUT2D eigenvalue weighted by atomic mass is 10.1. The van der Waals surface area contributed by atoms with Gasteiger partial charge in [-0.3, -0.25) is 4.79 Å². The quantitative estimate of drug-likeness (QED) is 0.519. The van der Waals surface area contributed by atoms with Crippen LogP contribution in [0.15, 0.2) is 11.8 Å². The molecular weight excluding hydrogens is 130 g/mol. The Morgan fingerprint density at radius 1 is 1.90 bits per heavy atom. The van der Waals surface area contributed by atoms with Crippen LogP contribution in [-0.4, -0.2) is 23.5 Å². The molecule has 56 valence electrons. The molecule has 3 heteroatoms. The second-order valence-corrected chi connectivity index (χ2v) is 2.54. The van der Waals surface area contributed by atoms with Crippen molar-refractivity contribution < 1.29 is 9.90 Å². The molecule has 1 rings (SSSR count). The normalized spacial score (nSPS) is 29.3. The van der Waals surface area contributed by atoms with Gasteiger partial charge in [0.1, 0.15) is 5.78 Å². The van der Waals surface area contributed by atoms with E-state index in [1.165, 1.54) is 0 Å². The molecule has 1 heterocycles. The number of hydrogen-bond acceptors (Lipinski definition) is 3. The molecule has 0 aromatic rings. The minimum Gasteiger partial charge on any atom is -0.516 e. The van der Waals surface area contributed by atoms with Crippen LogP contribution in [0.3, 0.4) is 0 Å². The van der Waals surface area contributed by atoms with Crippen LogP contribution in [0.4, 0.5) is 0 Å². The molecule has 0 aliphatic carbocycles. The smallest absolute Gasteiger partial charge is 0.147 e. The zero-order chi connectivity index (χ0) is 7.56. The SMILES string of the molecule is CC(=O)[C@@H]1C/C(=C/O)CN1. The first-order valence-electron chi connectivity index (χ1n) is 3.30. The number of nitrogens with one attached hydrogen (secondary N) is 1. The van der Waals surface area contributed by atoms with E-state index in [-0.39, 0.29) is 11.8 Å². The van der Waals surface area contributed by atoms with Gasteiger partial charge in [0.15, 0.2) is 0 Å². The summed E-state index contributed by atoms with van der Waals surface area (Å²) in [5.41, 5.74) is 0.903. The van der Waals surface area contributed by atoms with Gasteiger partial charge in [-0.15, -0.1) is 0 Å². The summed E-state index contributed by atoms with van der Waals surface area (Å²) in [5, 5.41) is 11.5. The molecule has 0 aromatic heterocycles. The van der Waals surface area contributed by atoms with Crippen molar-refractivity contribution in [2.24, 2.45) is 0 Å². The Hall–Kier alpha value is -0.830. The van der Waals surface area contributed by atoms with Gasteiger partial charge in [-0.05, 0) is 18.9 Å². The minimum absolute atomic E-state index is 0.0709. The summed E-state index contributed by atoms with van der Waals surface area (Å²) in [6, 6.07) is -0.0709. The largest absolute Gasteiger partial charge is 0.516 e. The molecule has 0 spiro atoms. The van der Waals surface area contributed by atoms with Crippen LogP contribution < -0.4 is 5.32 Å². The fraction of sp³-hybridized carbons (Fsp3) is 0.571. The van der Waals surface area contributed by atoms with E-state index in [1.54, 1.807) is 6.92 Å². The van der Waals surface area contributed by atoms with E-state index < -0.39 is 0 Å². The molecule has 0 amide bonds. The van der Waals surface area contributed by atoms with Gasteiger partial charge >= 0.3 is 0 Å². The van der Waals surface area contributed by atoms with Crippen molar-refractivity contribution in [3.8, 4) is 0 Å². The zero-order valence-corrected chi connectivity index (χ0v) is 5.92. The fourth-order valence-electron chi connectivity index (χ4n) is 1.05. The van der Waals surface area contributed by atoms with E-state index in [0.29, 0.717) is 13.0 Å². The molecule has 1 atom stereocenters. The Bertz CT molecular complexity index is 174. The summed E-state index contributed by atoms with van der Waals surface area (Å²) < 4.78 is 0. The lowest BCUT2D eigenvalue weighted by Gasteiger charge is -2.01. The standard InChI is InChI=1S/C7H11NO2/c1-5(10)7-2-6(4-9)3-8-7/h4,7-9H,2-3H2,1H3/b6-4-/t7-/m0/s1. The number of aliphatic hydroxyl groups is 1. The third kappa shape index (κ3) is 1.36. The third-order valence-corrected chi connectivity index (χ3v) is 1.72. The first-order valence-corrected chi connectivity index (χ1v) is 3.30. The van der Waals surface area contributed by atoms with Crippen LogP contribution in [0.25, 0.3) is 0 Å². The van der Waals surface area contributed by atoms with Crippen LogP contribution >= 0.6 is 0 Å². The number of rotatable bonds is 1. The highest BCUT2D eigenvalue weighted by Gasteiger charge is 2.21. The molecule has 1 fully saturated rings. The first kappa shape index (κ1) is 7.28. The lowest BCUT2D eigenvalue weighted by Crippen LogP contribution is -2.28. The Kier molecular flexibility index (Phi) is 2.06. The summed E-state index contributed by atoms with van der Waals surface area (Å²) in [7, 11) is 0. The van der Waals surface area contributed by atoms with Crippen molar-refractivity contribution in [2.45, 2.75) is 19.4 Å². The summed E-state index contributed by atoms with van der Waals surface area (Å²) in [5.74, 6) is 0.136. The number of aliphatic hydroxyl groups excluding tert-OH is 1. The number of carbonyl (C=O) groups excluding carboxylic acids is 1. The molecule has 0 unspecified atom stereocenters. The maximum absolute atomic E-state index is 10.7. The molecule has 1 aliphatic heterocycles. The van der Waals surface area contributed by atoms with Gasteiger partial charge in [0.25, 0.3) is 0 Å². The van der Waals surface area contributed by atoms with E-state index >= 15 is 0 Å². The zero-order valence-electron chi connectivity index (χ0n) is 5.92. The van der Waals surface area contributed by atoms with E-state index in [0.717, 1.165) is 11.8 Å². The number of carbonyl (C=O) groups is 1. The van der Waals surface area contributed by atoms with Crippen molar-refractivity contribution in [1.29, 1.82) is 0 Å². The van der Waals surface area contributed by atoms with E-state index in [1.807, 2.05) is 0 Å². The van der Waals surface area contributed by atoms with Crippen LogP contribution in [0.2, 0.25) is 0 Å². The van der Waals surface area contributed by atoms with Crippen molar-refractivity contribution in [1.82, 2.24) is 5.32 Å². The first-order chi connectivity index (χ1) is 4.74. The predicted molar refractivity (Wildman–Crippen MR) is 37.8 cm³/mol. The maximum Gasteiger partial charge on any atom is 0.147 e. The van der Waals surface area contributed by atoms with Gasteiger partial charge in [0.2, 0.25) is 0 Å². The van der Waals surface area contributed by atoms with Crippen LogP contribution in [0.5, 0.6) is 0 Å². The predicted octanol–water partition coefficient (Wildman–Crippen LogP) is 0.379. The monoisotopic (exact) mass is 141 g/mol. The molecule has 3 nitrogen and oxygen atoms in total. The molecule has 1 aliphatic rings. The summed E-state index contributed by atoms with van der Waals surface area (Å²) in [6.45, 7) is 2.19. The number of ketones is 1. The number of hydrogen-bond donors (Lipinski definition) is 2. The van der Waals surface area contributed by atoms with Gasteiger partial charge in [-0.1, -0.05) is 0 Å². The Balaban J connectivity index is 2.51. The van der Waals surface area contributed by atoms with Gasteiger partial charge in [-0.2, -0.15) is 0 Å². The van der Waals surface area contributed by atoms with Crippen molar-refractivity contribution in [2.75, 3.05) is 6.54 Å². The van der Waals surface area contributed by atoms with Crippen molar-refractivity contribution in [3.05, 3.63) is 11.8 Å². The van der Waals surface area contributed by atoms with Crippen LogP contribution in [0.1, 0.15) is 13.3 Å². The number of Topliss-reactive ketones (excluding diaryl/α,β-unsaturated/α-hetero) is 1. The average molecular weight is 141 g/mol. The molecule has 0 aromatic carbocycles. The van der Waals surface area contributed by atoms with Gasteiger partial charge in [-0.25, -0.2) is 0 Å². The van der Waals surface area contributed by atoms with E-state index in [9.17, 15) is 4.79 Å². The van der Waals surface area contributed by atoms with Gasteiger partial charge in [0, 0.05) is 6.54 Å². The molecule has 0 saturated carbocycles. The maximum atomic E-state index is 10.7. The van der Waals surface area contributed by atoms with Crippen LogP contribution in [0, 0.1) is 0 Å². The lowest BCUT2D eigenvalue weighted by molar-refractivity contribution is -0.118. The van der Waals surface area contributed by atoms with Crippen molar-refractivity contribution in [3.63, 3.8) is 0 Å². The van der Waals surface area contributed by atoms with E-state index in [4.69, 9.17) is 5.11 Å². The van der Waals surface area contributed by atoms with Gasteiger partial charge < -0.3 is 10.4 Å². The highest BCUT2D eigenvalue weighted by Crippen LogP contribution is 2.11. The van der Waals surface area contributed by atoms with E-state index in [2.05, 4.69) is 5.32 Å². The summed E-state index contributed by atoms with van der Waals surface area (Å²) in [4.78, 5) is 10.7. The third-order valence-electron chi connectivity index (χ3n) is 1.72. The Morgan fingerprint density at radius 3 is 2.90 bits per heavy atom. The highest BCUT2D eigenvalue weighted by atomic mass is 16.2. The van der Waals surface area contributed by atoms with Crippen LogP contribution in [-0.2, 0) is 4.79 Å². The minimum atomic E-state index is -0.0709. The molecule has 0 radical (unpaired) electrons.